The number of hydrogen-bond acceptors (Lipinski definition) is 14. The van der Waals surface area contributed by atoms with E-state index in [0.29, 0.717) is 6.42 Å². The molecule has 0 spiro atoms. The number of rotatable bonds is 12. The van der Waals surface area contributed by atoms with Gasteiger partial charge in [0.2, 0.25) is 0 Å². The van der Waals surface area contributed by atoms with Gasteiger partial charge in [-0.3, -0.25) is 33.7 Å². The molecule has 1 saturated heterocycles. The zero-order valence-corrected chi connectivity index (χ0v) is 26.0. The van der Waals surface area contributed by atoms with Crippen LogP contribution in [0.25, 0.3) is 0 Å². The average molecular weight is 644 g/mol. The van der Waals surface area contributed by atoms with Gasteiger partial charge >= 0.3 is 41.8 Å². The third kappa shape index (κ3) is 7.72. The fourth-order valence-corrected chi connectivity index (χ4v) is 7.46. The molecule has 1 unspecified atom stereocenters. The fraction of sp³-hybridized carbons (Fsp3) is 0.759. The van der Waals surface area contributed by atoms with Gasteiger partial charge in [0.25, 0.3) is 0 Å². The second-order valence-electron chi connectivity index (χ2n) is 12.5. The van der Waals surface area contributed by atoms with E-state index in [1.54, 1.807) is 6.92 Å². The van der Waals surface area contributed by atoms with Gasteiger partial charge in [0.15, 0.2) is 5.60 Å². The summed E-state index contributed by atoms with van der Waals surface area (Å²) in [4.78, 5) is 86.2. The van der Waals surface area contributed by atoms with Gasteiger partial charge in [-0.2, -0.15) is 0 Å². The van der Waals surface area contributed by atoms with Crippen LogP contribution < -0.4 is 0 Å². The Kier molecular flexibility index (Phi) is 10.9. The van der Waals surface area contributed by atoms with Crippen LogP contribution in [0.15, 0.2) is 0 Å². The Morgan fingerprint density at radius 1 is 0.978 bits per heavy atom. The number of ether oxygens (including phenoxy) is 5. The fourth-order valence-electron chi connectivity index (χ4n) is 7.46. The van der Waals surface area contributed by atoms with Crippen molar-refractivity contribution < 1.29 is 72.6 Å². The summed E-state index contributed by atoms with van der Waals surface area (Å²) in [6.45, 7) is 6.85. The molecular formula is C29H41NO15. The molecule has 0 amide bonds. The molecule has 16 nitrogen and oxygen atoms in total. The summed E-state index contributed by atoms with van der Waals surface area (Å²) in [7, 11) is 1.49. The molecule has 2 saturated carbocycles. The number of carbonyl (C=O) groups excluding carboxylic acids is 5. The molecule has 45 heavy (non-hydrogen) atoms. The van der Waals surface area contributed by atoms with Gasteiger partial charge in [-0.25, -0.2) is 4.79 Å². The lowest BCUT2D eigenvalue weighted by Crippen LogP contribution is -2.54. The number of carboxylic acid groups (broad SMARTS) is 2. The Balaban J connectivity index is 1.89. The number of carbonyl (C=O) groups is 7. The van der Waals surface area contributed by atoms with E-state index >= 15 is 0 Å². The molecule has 3 aliphatic rings. The molecular weight excluding hydrogens is 602 g/mol. The molecule has 1 aliphatic heterocycles. The molecule has 0 aromatic heterocycles. The Morgan fingerprint density at radius 3 is 2.11 bits per heavy atom. The Hall–Kier alpha value is -3.79. The maximum Gasteiger partial charge on any atom is 0.336 e. The highest BCUT2D eigenvalue weighted by Gasteiger charge is 2.68. The van der Waals surface area contributed by atoms with Gasteiger partial charge in [-0.1, -0.05) is 13.8 Å². The van der Waals surface area contributed by atoms with Crippen molar-refractivity contribution in [1.29, 1.82) is 0 Å². The predicted molar refractivity (Wildman–Crippen MR) is 147 cm³/mol. The third-order valence-electron chi connectivity index (χ3n) is 9.05. The summed E-state index contributed by atoms with van der Waals surface area (Å²) in [5.74, 6) is -9.47. The van der Waals surface area contributed by atoms with E-state index in [0.717, 1.165) is 0 Å². The van der Waals surface area contributed by atoms with Gasteiger partial charge in [0.1, 0.15) is 31.1 Å². The van der Waals surface area contributed by atoms with Gasteiger partial charge in [0.05, 0.1) is 18.8 Å². The summed E-state index contributed by atoms with van der Waals surface area (Å²) >= 11 is 0. The second-order valence-corrected chi connectivity index (χ2v) is 12.5. The zero-order chi connectivity index (χ0) is 34.0. The van der Waals surface area contributed by atoms with Crippen LogP contribution in [0.2, 0.25) is 0 Å². The van der Waals surface area contributed by atoms with Crippen molar-refractivity contribution in [2.45, 2.75) is 90.3 Å². The zero-order valence-electron chi connectivity index (χ0n) is 26.0. The minimum Gasteiger partial charge on any atom is -0.481 e. The first-order valence-corrected chi connectivity index (χ1v) is 14.5. The van der Waals surface area contributed by atoms with Crippen LogP contribution in [0.4, 0.5) is 0 Å². The molecule has 3 fully saturated rings. The van der Waals surface area contributed by atoms with E-state index < -0.39 is 115 Å². The first kappa shape index (κ1) is 35.7. The van der Waals surface area contributed by atoms with Crippen molar-refractivity contribution in [1.82, 2.24) is 4.90 Å². The number of carboxylic acids is 2. The lowest BCUT2D eigenvalue weighted by Gasteiger charge is -2.45. The highest BCUT2D eigenvalue weighted by atomic mass is 16.6. The van der Waals surface area contributed by atoms with E-state index in [-0.39, 0.29) is 18.9 Å². The van der Waals surface area contributed by atoms with Crippen molar-refractivity contribution in [2.75, 3.05) is 20.3 Å². The molecule has 16 heteroatoms. The van der Waals surface area contributed by atoms with Crippen molar-refractivity contribution >= 4 is 41.8 Å². The number of aliphatic carboxylic acids is 2. The van der Waals surface area contributed by atoms with Crippen LogP contribution in [0.3, 0.4) is 0 Å². The van der Waals surface area contributed by atoms with Crippen molar-refractivity contribution in [3.05, 3.63) is 0 Å². The van der Waals surface area contributed by atoms with Crippen molar-refractivity contribution in [2.24, 2.45) is 29.1 Å². The lowest BCUT2D eigenvalue weighted by molar-refractivity contribution is -0.182. The maximum absolute atomic E-state index is 13.3. The molecule has 3 N–H and O–H groups in total. The Morgan fingerprint density at radius 2 is 1.58 bits per heavy atom. The van der Waals surface area contributed by atoms with Crippen LogP contribution in [-0.4, -0.2) is 112 Å². The van der Waals surface area contributed by atoms with E-state index in [4.69, 9.17) is 28.8 Å². The second kappa shape index (κ2) is 13.7. The quantitative estimate of drug-likeness (QED) is 0.146. The molecule has 2 aliphatic carbocycles. The van der Waals surface area contributed by atoms with E-state index in [2.05, 4.69) is 0 Å². The molecule has 0 radical (unpaired) electrons. The number of fused-ring (bicyclic) bond motifs is 2. The summed E-state index contributed by atoms with van der Waals surface area (Å²) in [5.41, 5.74) is -3.99. The standard InChI is InChI=1S/C29H41NO15/c1-13-7-18-23(25(44-16(4)33)28(5)20(43-15(3)32)8-19(24(13)28)42-14(2)31)17(26(37)45-18)11-30(6)12-41-22(36)10-29(40,27(38)39)9-21(34)35/h13,17-20,23-25,40H,7-12H2,1-6H3,(H,34,35)(H,38,39)/t13-,17-,18+,19+,20+,23-,24-,25+,28-,29?/m1/s1. The van der Waals surface area contributed by atoms with Crippen LogP contribution in [0.5, 0.6) is 0 Å². The SMILES string of the molecule is CC(=O)O[C@H]1C[C@H](OC(C)=O)[C@]2(C)[C@@H]1[C@H](C)C[C@@H]1OC(=O)[C@H](CN(C)COC(=O)CC(O)(CC(=O)O)C(=O)O)[C@H]1[C@@H]2OC(C)=O. The van der Waals surface area contributed by atoms with Crippen molar-refractivity contribution in [3.8, 4) is 0 Å². The average Bonchev–Trinajstić information content (AvgIpc) is 3.29. The normalized spacial score (nSPS) is 33.5. The number of aliphatic hydroxyl groups is 1. The van der Waals surface area contributed by atoms with E-state index in [1.165, 1.54) is 32.7 Å². The lowest BCUT2D eigenvalue weighted by atomic mass is 9.66. The number of hydrogen-bond donors (Lipinski definition) is 3. The minimum atomic E-state index is -2.88. The maximum atomic E-state index is 13.3. The summed E-state index contributed by atoms with van der Waals surface area (Å²) < 4.78 is 28.2. The monoisotopic (exact) mass is 643 g/mol. The highest BCUT2D eigenvalue weighted by molar-refractivity contribution is 5.88. The van der Waals surface area contributed by atoms with Gasteiger partial charge in [0, 0.05) is 51.0 Å². The van der Waals surface area contributed by atoms with Crippen LogP contribution in [-0.2, 0) is 57.2 Å². The smallest absolute Gasteiger partial charge is 0.336 e. The molecule has 3 rings (SSSR count). The molecule has 0 aromatic rings. The van der Waals surface area contributed by atoms with Gasteiger partial charge in [-0.15, -0.1) is 0 Å². The van der Waals surface area contributed by atoms with Gasteiger partial charge < -0.3 is 39.0 Å². The number of esters is 5. The van der Waals surface area contributed by atoms with Crippen LogP contribution in [0.1, 0.15) is 60.3 Å². The summed E-state index contributed by atoms with van der Waals surface area (Å²) in [5, 5.41) is 28.2. The number of nitrogens with zero attached hydrogens (tertiary/aromatic N) is 1. The minimum absolute atomic E-state index is 0.0793. The molecule has 0 aromatic carbocycles. The molecule has 1 heterocycles. The van der Waals surface area contributed by atoms with E-state index in [9.17, 15) is 43.8 Å². The van der Waals surface area contributed by atoms with Crippen LogP contribution >= 0.6 is 0 Å². The van der Waals surface area contributed by atoms with Crippen LogP contribution in [0, 0.1) is 29.1 Å². The first-order valence-electron chi connectivity index (χ1n) is 14.5. The highest BCUT2D eigenvalue weighted by Crippen LogP contribution is 2.60. The Labute approximate surface area is 259 Å². The summed E-state index contributed by atoms with van der Waals surface area (Å²) in [6.07, 6.45) is -5.16. The first-order chi connectivity index (χ1) is 20.8. The summed E-state index contributed by atoms with van der Waals surface area (Å²) in [6, 6.07) is 0. The third-order valence-corrected chi connectivity index (χ3v) is 9.05. The topological polar surface area (TPSA) is 230 Å². The van der Waals surface area contributed by atoms with E-state index in [1.807, 2.05) is 6.92 Å². The predicted octanol–water partition coefficient (Wildman–Crippen LogP) is 0.118. The molecule has 252 valence electrons. The Bertz CT molecular complexity index is 1220. The van der Waals surface area contributed by atoms with Gasteiger partial charge in [-0.05, 0) is 19.4 Å². The molecule has 10 atom stereocenters. The van der Waals surface area contributed by atoms with Crippen molar-refractivity contribution in [3.63, 3.8) is 0 Å². The molecule has 0 bridgehead atoms. The largest absolute Gasteiger partial charge is 0.481 e.